The van der Waals surface area contributed by atoms with Crippen LogP contribution in [0.15, 0.2) is 42.5 Å². The first-order valence-electron chi connectivity index (χ1n) is 10.7. The third-order valence-corrected chi connectivity index (χ3v) is 6.41. The van der Waals surface area contributed by atoms with Crippen LogP contribution in [0.1, 0.15) is 40.1 Å². The van der Waals surface area contributed by atoms with Crippen molar-refractivity contribution in [2.75, 3.05) is 5.32 Å². The van der Waals surface area contributed by atoms with E-state index in [2.05, 4.69) is 43.4 Å². The lowest BCUT2D eigenvalue weighted by molar-refractivity contribution is -0.116. The summed E-state index contributed by atoms with van der Waals surface area (Å²) in [5.74, 6) is -0.0404. The van der Waals surface area contributed by atoms with Gasteiger partial charge in [0.1, 0.15) is 0 Å². The predicted molar refractivity (Wildman–Crippen MR) is 131 cm³/mol. The summed E-state index contributed by atoms with van der Waals surface area (Å²) >= 11 is 6.17. The molecule has 1 amide bonds. The van der Waals surface area contributed by atoms with Crippen LogP contribution in [0.5, 0.6) is 0 Å². The molecule has 0 atom stereocenters. The van der Waals surface area contributed by atoms with Gasteiger partial charge in [-0.05, 0) is 82.0 Å². The Balaban J connectivity index is 1.61. The Morgan fingerprint density at radius 1 is 0.969 bits per heavy atom. The minimum absolute atomic E-state index is 0.0404. The summed E-state index contributed by atoms with van der Waals surface area (Å²) in [5, 5.41) is 9.44. The molecule has 0 aliphatic heterocycles. The van der Waals surface area contributed by atoms with Crippen molar-refractivity contribution in [2.24, 2.45) is 0 Å². The molecule has 164 valence electrons. The standard InChI is InChI=1S/C26H27ClN4O/c1-15-9-11-20(12-10-15)31-26-25(19(5)30-31)16(2)21(18(4)28-26)13-14-24(32)29-23-8-6-7-22(27)17(23)3/h6-12H,13-14H2,1-5H3,(H,29,32). The van der Waals surface area contributed by atoms with Gasteiger partial charge in [-0.2, -0.15) is 5.10 Å². The quantitative estimate of drug-likeness (QED) is 0.397. The zero-order valence-electron chi connectivity index (χ0n) is 19.1. The van der Waals surface area contributed by atoms with Crippen molar-refractivity contribution < 1.29 is 4.79 Å². The van der Waals surface area contributed by atoms with Gasteiger partial charge >= 0.3 is 0 Å². The molecular formula is C26H27ClN4O. The number of fused-ring (bicyclic) bond motifs is 1. The van der Waals surface area contributed by atoms with Gasteiger partial charge in [-0.3, -0.25) is 4.79 Å². The fourth-order valence-electron chi connectivity index (χ4n) is 4.13. The number of pyridine rings is 1. The maximum atomic E-state index is 12.6. The van der Waals surface area contributed by atoms with Gasteiger partial charge in [0.05, 0.1) is 11.4 Å². The first kappa shape index (κ1) is 22.0. The van der Waals surface area contributed by atoms with Crippen molar-refractivity contribution in [3.63, 3.8) is 0 Å². The summed E-state index contributed by atoms with van der Waals surface area (Å²) in [5.41, 5.74) is 8.76. The number of halogens is 1. The molecule has 4 rings (SSSR count). The number of aromatic nitrogens is 3. The summed E-state index contributed by atoms with van der Waals surface area (Å²) in [6.07, 6.45) is 0.979. The molecule has 0 saturated heterocycles. The number of hydrogen-bond acceptors (Lipinski definition) is 3. The largest absolute Gasteiger partial charge is 0.326 e. The lowest BCUT2D eigenvalue weighted by Crippen LogP contribution is -2.14. The number of nitrogens with zero attached hydrogens (tertiary/aromatic N) is 3. The summed E-state index contributed by atoms with van der Waals surface area (Å²) in [4.78, 5) is 17.5. The molecular weight excluding hydrogens is 420 g/mol. The minimum Gasteiger partial charge on any atom is -0.326 e. The predicted octanol–water partition coefficient (Wildman–Crippen LogP) is 6.19. The van der Waals surface area contributed by atoms with Crippen molar-refractivity contribution in [1.82, 2.24) is 14.8 Å². The van der Waals surface area contributed by atoms with E-state index in [1.54, 1.807) is 0 Å². The van der Waals surface area contributed by atoms with Crippen molar-refractivity contribution in [2.45, 2.75) is 47.5 Å². The second-order valence-corrected chi connectivity index (χ2v) is 8.70. The number of carbonyl (C=O) groups excluding carboxylic acids is 1. The second-order valence-electron chi connectivity index (χ2n) is 8.29. The smallest absolute Gasteiger partial charge is 0.224 e. The minimum atomic E-state index is -0.0404. The van der Waals surface area contributed by atoms with E-state index in [9.17, 15) is 4.79 Å². The van der Waals surface area contributed by atoms with Gasteiger partial charge in [0.15, 0.2) is 5.65 Å². The van der Waals surface area contributed by atoms with Crippen LogP contribution in [0.2, 0.25) is 5.02 Å². The molecule has 2 aromatic heterocycles. The second kappa shape index (κ2) is 8.75. The number of anilines is 1. The molecule has 0 fully saturated rings. The van der Waals surface area contributed by atoms with E-state index >= 15 is 0 Å². The Morgan fingerprint density at radius 2 is 1.69 bits per heavy atom. The molecule has 0 spiro atoms. The van der Waals surface area contributed by atoms with E-state index in [1.807, 2.05) is 43.7 Å². The van der Waals surface area contributed by atoms with Crippen LogP contribution < -0.4 is 5.32 Å². The number of carbonyl (C=O) groups is 1. The monoisotopic (exact) mass is 446 g/mol. The van der Waals surface area contributed by atoms with E-state index in [1.165, 1.54) is 5.56 Å². The highest BCUT2D eigenvalue weighted by Crippen LogP contribution is 2.29. The highest BCUT2D eigenvalue weighted by atomic mass is 35.5. The lowest BCUT2D eigenvalue weighted by atomic mass is 9.99. The number of benzene rings is 2. The van der Waals surface area contributed by atoms with Crippen molar-refractivity contribution in [3.05, 3.63) is 81.1 Å². The Bertz CT molecular complexity index is 1320. The Labute approximate surface area is 193 Å². The molecule has 0 bridgehead atoms. The number of nitrogens with one attached hydrogen (secondary N) is 1. The van der Waals surface area contributed by atoms with Gasteiger partial charge in [0.25, 0.3) is 0 Å². The molecule has 32 heavy (non-hydrogen) atoms. The summed E-state index contributed by atoms with van der Waals surface area (Å²) in [6.45, 7) is 10.1. The van der Waals surface area contributed by atoms with Crippen molar-refractivity contribution >= 4 is 34.2 Å². The Hall–Kier alpha value is -3.18. The molecule has 6 heteroatoms. The zero-order chi connectivity index (χ0) is 23.0. The summed E-state index contributed by atoms with van der Waals surface area (Å²) in [7, 11) is 0. The van der Waals surface area contributed by atoms with Gasteiger partial charge in [0.2, 0.25) is 5.91 Å². The Morgan fingerprint density at radius 3 is 2.41 bits per heavy atom. The molecule has 0 aliphatic carbocycles. The van der Waals surface area contributed by atoms with Gasteiger partial charge in [0, 0.05) is 28.2 Å². The molecule has 5 nitrogen and oxygen atoms in total. The molecule has 0 aliphatic rings. The van der Waals surface area contributed by atoms with Crippen LogP contribution in [0.3, 0.4) is 0 Å². The highest BCUT2D eigenvalue weighted by Gasteiger charge is 2.18. The third kappa shape index (κ3) is 4.13. The van der Waals surface area contributed by atoms with E-state index in [4.69, 9.17) is 21.7 Å². The molecule has 0 unspecified atom stereocenters. The van der Waals surface area contributed by atoms with Crippen LogP contribution >= 0.6 is 11.6 Å². The summed E-state index contributed by atoms with van der Waals surface area (Å²) < 4.78 is 1.91. The maximum absolute atomic E-state index is 12.6. The fourth-order valence-corrected chi connectivity index (χ4v) is 4.31. The molecule has 0 saturated carbocycles. The van der Waals surface area contributed by atoms with E-state index in [-0.39, 0.29) is 5.91 Å². The first-order chi connectivity index (χ1) is 15.3. The van der Waals surface area contributed by atoms with Gasteiger partial charge in [-0.1, -0.05) is 35.4 Å². The SMILES string of the molecule is Cc1ccc(-n2nc(C)c3c(C)c(CCC(=O)Nc4cccc(Cl)c4C)c(C)nc32)cc1. The molecule has 2 heterocycles. The molecule has 1 N–H and O–H groups in total. The van der Waals surface area contributed by atoms with Crippen LogP contribution in [-0.2, 0) is 11.2 Å². The average molecular weight is 447 g/mol. The van der Waals surface area contributed by atoms with Crippen LogP contribution in [0.4, 0.5) is 5.69 Å². The highest BCUT2D eigenvalue weighted by molar-refractivity contribution is 6.31. The maximum Gasteiger partial charge on any atom is 0.224 e. The zero-order valence-corrected chi connectivity index (χ0v) is 19.8. The van der Waals surface area contributed by atoms with Gasteiger partial charge in [-0.15, -0.1) is 0 Å². The van der Waals surface area contributed by atoms with Crippen molar-refractivity contribution in [1.29, 1.82) is 0 Å². The van der Waals surface area contributed by atoms with Crippen LogP contribution in [-0.4, -0.2) is 20.7 Å². The molecule has 0 radical (unpaired) electrons. The van der Waals surface area contributed by atoms with E-state index in [0.29, 0.717) is 17.9 Å². The number of rotatable bonds is 5. The van der Waals surface area contributed by atoms with Crippen LogP contribution in [0, 0.1) is 34.6 Å². The third-order valence-electron chi connectivity index (χ3n) is 6.00. The van der Waals surface area contributed by atoms with Crippen LogP contribution in [0.25, 0.3) is 16.7 Å². The Kier molecular flexibility index (Phi) is 6.02. The van der Waals surface area contributed by atoms with Gasteiger partial charge in [-0.25, -0.2) is 9.67 Å². The van der Waals surface area contributed by atoms with E-state index in [0.717, 1.165) is 50.5 Å². The number of hydrogen-bond donors (Lipinski definition) is 1. The topological polar surface area (TPSA) is 59.8 Å². The first-order valence-corrected chi connectivity index (χ1v) is 11.1. The van der Waals surface area contributed by atoms with Crippen molar-refractivity contribution in [3.8, 4) is 5.69 Å². The lowest BCUT2D eigenvalue weighted by Gasteiger charge is -2.13. The average Bonchev–Trinajstić information content (AvgIpc) is 3.08. The normalized spacial score (nSPS) is 11.2. The number of aryl methyl sites for hydroxylation is 4. The molecule has 2 aromatic carbocycles. The summed E-state index contributed by atoms with van der Waals surface area (Å²) in [6, 6.07) is 13.8. The van der Waals surface area contributed by atoms with Gasteiger partial charge < -0.3 is 5.32 Å². The van der Waals surface area contributed by atoms with E-state index < -0.39 is 0 Å². The fraction of sp³-hybridized carbons (Fsp3) is 0.269. The number of amides is 1. The molecule has 4 aromatic rings.